The molecule has 3 aromatic rings. The van der Waals surface area contributed by atoms with Gasteiger partial charge in [-0.05, 0) is 47.2 Å². The van der Waals surface area contributed by atoms with E-state index >= 15 is 0 Å². The van der Waals surface area contributed by atoms with E-state index in [4.69, 9.17) is 0 Å². The first kappa shape index (κ1) is 20.9. The zero-order valence-corrected chi connectivity index (χ0v) is 17.3. The number of aromatic hydroxyl groups is 1. The lowest BCUT2D eigenvalue weighted by molar-refractivity contribution is -0.120. The second-order valence-corrected chi connectivity index (χ2v) is 7.65. The van der Waals surface area contributed by atoms with Gasteiger partial charge in [-0.1, -0.05) is 80.8 Å². The number of unbranched alkanes of at least 4 members (excludes halogenated alkanes) is 3. The lowest BCUT2D eigenvalue weighted by Crippen LogP contribution is -2.27. The molecule has 3 rings (SSSR count). The highest BCUT2D eigenvalue weighted by Crippen LogP contribution is 2.31. The maximum Gasteiger partial charge on any atom is 0.224 e. The van der Waals surface area contributed by atoms with E-state index in [0.29, 0.717) is 18.7 Å². The molecule has 1 amide bonds. The molecule has 0 atom stereocenters. The first-order valence-electron chi connectivity index (χ1n) is 10.7. The predicted octanol–water partition coefficient (Wildman–Crippen LogP) is 5.57. The maximum atomic E-state index is 12.2. The van der Waals surface area contributed by atoms with Crippen LogP contribution in [0.15, 0.2) is 60.7 Å². The van der Waals surface area contributed by atoms with Crippen molar-refractivity contribution >= 4 is 16.7 Å². The van der Waals surface area contributed by atoms with Gasteiger partial charge in [0, 0.05) is 12.1 Å². The van der Waals surface area contributed by atoms with E-state index in [1.54, 1.807) is 0 Å². The van der Waals surface area contributed by atoms with E-state index in [-0.39, 0.29) is 5.91 Å². The molecule has 0 aliphatic rings. The van der Waals surface area contributed by atoms with Gasteiger partial charge in [0.25, 0.3) is 0 Å². The van der Waals surface area contributed by atoms with Gasteiger partial charge in [-0.2, -0.15) is 0 Å². The molecule has 0 aliphatic carbocycles. The van der Waals surface area contributed by atoms with Gasteiger partial charge in [0.2, 0.25) is 5.91 Å². The normalized spacial score (nSPS) is 10.9. The zero-order valence-electron chi connectivity index (χ0n) is 17.3. The molecule has 0 aromatic heterocycles. The number of nitrogens with one attached hydrogen (secondary N) is 1. The van der Waals surface area contributed by atoms with Gasteiger partial charge in [0.15, 0.2) is 0 Å². The Balaban J connectivity index is 1.68. The SMILES string of the molecule is CCCCCCc1c(O)ccc2cccc(CCNC(=O)Cc3ccccc3)c12. The van der Waals surface area contributed by atoms with Gasteiger partial charge in [-0.3, -0.25) is 4.79 Å². The molecule has 0 saturated carbocycles. The van der Waals surface area contributed by atoms with E-state index in [2.05, 4.69) is 30.4 Å². The molecule has 0 saturated heterocycles. The minimum Gasteiger partial charge on any atom is -0.508 e. The summed E-state index contributed by atoms with van der Waals surface area (Å²) in [4.78, 5) is 12.2. The zero-order chi connectivity index (χ0) is 20.5. The molecular formula is C26H31NO2. The van der Waals surface area contributed by atoms with Crippen LogP contribution in [-0.4, -0.2) is 17.6 Å². The molecule has 0 spiro atoms. The van der Waals surface area contributed by atoms with Crippen molar-refractivity contribution in [2.75, 3.05) is 6.54 Å². The van der Waals surface area contributed by atoms with E-state index in [9.17, 15) is 9.90 Å². The van der Waals surface area contributed by atoms with Crippen molar-refractivity contribution in [3.63, 3.8) is 0 Å². The fourth-order valence-corrected chi connectivity index (χ4v) is 3.89. The number of phenolic OH excluding ortho intramolecular Hbond substituents is 1. The number of carbonyl (C=O) groups is 1. The number of hydrogen-bond acceptors (Lipinski definition) is 2. The maximum absolute atomic E-state index is 12.2. The van der Waals surface area contributed by atoms with Gasteiger partial charge in [-0.15, -0.1) is 0 Å². The van der Waals surface area contributed by atoms with E-state index in [1.807, 2.05) is 42.5 Å². The van der Waals surface area contributed by atoms with Crippen molar-refractivity contribution in [3.8, 4) is 5.75 Å². The number of benzene rings is 3. The predicted molar refractivity (Wildman–Crippen MR) is 120 cm³/mol. The lowest BCUT2D eigenvalue weighted by atomic mass is 9.93. The Morgan fingerprint density at radius 2 is 1.72 bits per heavy atom. The summed E-state index contributed by atoms with van der Waals surface area (Å²) in [6.45, 7) is 2.80. The van der Waals surface area contributed by atoms with Gasteiger partial charge >= 0.3 is 0 Å². The third kappa shape index (κ3) is 5.83. The highest BCUT2D eigenvalue weighted by Gasteiger charge is 2.11. The van der Waals surface area contributed by atoms with Crippen LogP contribution in [0.3, 0.4) is 0 Å². The summed E-state index contributed by atoms with van der Waals surface area (Å²) in [5, 5.41) is 15.8. The third-order valence-electron chi connectivity index (χ3n) is 5.42. The summed E-state index contributed by atoms with van der Waals surface area (Å²) in [5.74, 6) is 0.425. The number of amides is 1. The molecule has 152 valence electrons. The third-order valence-corrected chi connectivity index (χ3v) is 5.42. The molecule has 29 heavy (non-hydrogen) atoms. The minimum atomic E-state index is 0.0408. The molecule has 0 aliphatic heterocycles. The average molecular weight is 390 g/mol. The molecule has 0 heterocycles. The Hall–Kier alpha value is -2.81. The Labute approximate surface area is 173 Å². The summed E-state index contributed by atoms with van der Waals surface area (Å²) in [5.41, 5.74) is 3.25. The molecule has 2 N–H and O–H groups in total. The van der Waals surface area contributed by atoms with E-state index < -0.39 is 0 Å². The van der Waals surface area contributed by atoms with Crippen LogP contribution in [0.4, 0.5) is 0 Å². The van der Waals surface area contributed by atoms with Crippen LogP contribution in [0, 0.1) is 0 Å². The first-order chi connectivity index (χ1) is 14.2. The van der Waals surface area contributed by atoms with Crippen molar-refractivity contribution in [3.05, 3.63) is 77.4 Å². The molecule has 3 nitrogen and oxygen atoms in total. The number of phenols is 1. The number of rotatable bonds is 10. The quantitative estimate of drug-likeness (QED) is 0.445. The molecule has 0 unspecified atom stereocenters. The van der Waals surface area contributed by atoms with Crippen molar-refractivity contribution in [2.45, 2.75) is 51.9 Å². The summed E-state index contributed by atoms with van der Waals surface area (Å²) in [6, 6.07) is 19.9. The van der Waals surface area contributed by atoms with Crippen molar-refractivity contribution < 1.29 is 9.90 Å². The topological polar surface area (TPSA) is 49.3 Å². The molecule has 0 bridgehead atoms. The lowest BCUT2D eigenvalue weighted by Gasteiger charge is -2.14. The summed E-state index contributed by atoms with van der Waals surface area (Å²) < 4.78 is 0. The second kappa shape index (κ2) is 10.7. The van der Waals surface area contributed by atoms with Gasteiger partial charge in [-0.25, -0.2) is 0 Å². The Morgan fingerprint density at radius 1 is 0.897 bits per heavy atom. The van der Waals surface area contributed by atoms with Gasteiger partial charge in [0.1, 0.15) is 5.75 Å². The fourth-order valence-electron chi connectivity index (χ4n) is 3.89. The van der Waals surface area contributed by atoms with Crippen LogP contribution in [0.25, 0.3) is 10.8 Å². The molecule has 3 heteroatoms. The minimum absolute atomic E-state index is 0.0408. The summed E-state index contributed by atoms with van der Waals surface area (Å²) in [7, 11) is 0. The van der Waals surface area contributed by atoms with Crippen LogP contribution >= 0.6 is 0 Å². The van der Waals surface area contributed by atoms with Crippen molar-refractivity contribution in [1.29, 1.82) is 0 Å². The highest BCUT2D eigenvalue weighted by molar-refractivity contribution is 5.91. The molecule has 0 fully saturated rings. The van der Waals surface area contributed by atoms with Gasteiger partial charge in [0.05, 0.1) is 6.42 Å². The summed E-state index contributed by atoms with van der Waals surface area (Å²) >= 11 is 0. The molecule has 0 radical (unpaired) electrons. The monoisotopic (exact) mass is 389 g/mol. The van der Waals surface area contributed by atoms with Crippen LogP contribution in [-0.2, 0) is 24.1 Å². The highest BCUT2D eigenvalue weighted by atomic mass is 16.3. The Bertz CT molecular complexity index is 934. The van der Waals surface area contributed by atoms with Crippen LogP contribution < -0.4 is 5.32 Å². The van der Waals surface area contributed by atoms with Gasteiger partial charge < -0.3 is 10.4 Å². The van der Waals surface area contributed by atoms with E-state index in [0.717, 1.165) is 41.2 Å². The second-order valence-electron chi connectivity index (χ2n) is 7.65. The smallest absolute Gasteiger partial charge is 0.224 e. The largest absolute Gasteiger partial charge is 0.508 e. The molecule has 3 aromatic carbocycles. The standard InChI is InChI=1S/C26H31NO2/c1-2-3-4-8-14-23-24(28)16-15-21-12-9-13-22(26(21)23)17-18-27-25(29)19-20-10-6-5-7-11-20/h5-7,9-13,15-16,28H,2-4,8,14,17-19H2,1H3,(H,27,29). The average Bonchev–Trinajstić information content (AvgIpc) is 2.73. The summed E-state index contributed by atoms with van der Waals surface area (Å²) in [6.07, 6.45) is 6.75. The van der Waals surface area contributed by atoms with Crippen LogP contribution in [0.1, 0.15) is 49.3 Å². The fraction of sp³-hybridized carbons (Fsp3) is 0.346. The number of fused-ring (bicyclic) bond motifs is 1. The van der Waals surface area contributed by atoms with Crippen LogP contribution in [0.2, 0.25) is 0 Å². The van der Waals surface area contributed by atoms with Crippen molar-refractivity contribution in [1.82, 2.24) is 5.32 Å². The van der Waals surface area contributed by atoms with Crippen molar-refractivity contribution in [2.24, 2.45) is 0 Å². The Morgan fingerprint density at radius 3 is 2.52 bits per heavy atom. The number of carbonyl (C=O) groups excluding carboxylic acids is 1. The van der Waals surface area contributed by atoms with Crippen LogP contribution in [0.5, 0.6) is 5.75 Å². The Kier molecular flexibility index (Phi) is 7.69. The van der Waals surface area contributed by atoms with E-state index in [1.165, 1.54) is 24.8 Å². The first-order valence-corrected chi connectivity index (χ1v) is 10.7. The number of hydrogen-bond donors (Lipinski definition) is 2. The molecular weight excluding hydrogens is 358 g/mol. The number of aryl methyl sites for hydroxylation is 1.